The molecule has 0 fully saturated rings. The van der Waals surface area contributed by atoms with Gasteiger partial charge >= 0.3 is 0 Å². The van der Waals surface area contributed by atoms with E-state index in [0.717, 1.165) is 12.8 Å². The molecule has 0 saturated carbocycles. The summed E-state index contributed by atoms with van der Waals surface area (Å²) in [4.78, 5) is 8.28. The number of unbranched alkanes of at least 4 members (excludes halogenated alkanes) is 1. The monoisotopic (exact) mass is 498 g/mol. The number of rotatable bonds is 8. The molecule has 33 heavy (non-hydrogen) atoms. The van der Waals surface area contributed by atoms with Gasteiger partial charge in [0.05, 0.1) is 11.6 Å². The molecule has 0 aliphatic heterocycles. The van der Waals surface area contributed by atoms with Crippen molar-refractivity contribution >= 4 is 52.9 Å². The lowest BCUT2D eigenvalue weighted by Crippen LogP contribution is -2.66. The Morgan fingerprint density at radius 1 is 0.879 bits per heavy atom. The molecule has 0 aliphatic rings. The van der Waals surface area contributed by atoms with E-state index in [-0.39, 0.29) is 10.3 Å². The van der Waals surface area contributed by atoms with Crippen molar-refractivity contribution in [2.75, 3.05) is 6.61 Å². The van der Waals surface area contributed by atoms with Gasteiger partial charge in [-0.2, -0.15) is 10.1 Å². The molecule has 0 unspecified atom stereocenters. The van der Waals surface area contributed by atoms with Gasteiger partial charge in [-0.05, 0) is 39.9 Å². The van der Waals surface area contributed by atoms with Gasteiger partial charge in [0.15, 0.2) is 5.65 Å². The minimum absolute atomic E-state index is 0.0295. The van der Waals surface area contributed by atoms with Crippen LogP contribution in [0, 0.1) is 0 Å². The highest BCUT2D eigenvalue weighted by molar-refractivity contribution is 6.99. The summed E-state index contributed by atoms with van der Waals surface area (Å²) in [5.41, 5.74) is 0.660. The standard InChI is InChI=1S/C25H28Cl2N4OSi/c1-25(2,3)33(19-12-6-4-7-13-19,20-14-8-5-9-15-20)32-17-11-10-16-31-23-21(18-28-31)22(26)29-24(27)30-23/h4-9,12-15,18H,10-11,16-17H2,1-3H3. The summed E-state index contributed by atoms with van der Waals surface area (Å²) in [5.74, 6) is 0. The third kappa shape index (κ3) is 4.85. The molecule has 4 aromatic rings. The zero-order valence-electron chi connectivity index (χ0n) is 19.1. The molecule has 172 valence electrons. The number of aryl methyl sites for hydroxylation is 1. The van der Waals surface area contributed by atoms with E-state index < -0.39 is 8.32 Å². The minimum atomic E-state index is -2.50. The lowest BCUT2D eigenvalue weighted by atomic mass is 10.2. The third-order valence-electron chi connectivity index (χ3n) is 5.92. The fourth-order valence-corrected chi connectivity index (χ4v) is 9.44. The van der Waals surface area contributed by atoms with E-state index in [1.165, 1.54) is 10.4 Å². The van der Waals surface area contributed by atoms with Gasteiger partial charge < -0.3 is 4.43 Å². The van der Waals surface area contributed by atoms with Crippen molar-refractivity contribution in [1.82, 2.24) is 19.7 Å². The second-order valence-electron chi connectivity index (χ2n) is 9.11. The number of hydrogen-bond donors (Lipinski definition) is 0. The highest BCUT2D eigenvalue weighted by Gasteiger charge is 2.49. The van der Waals surface area contributed by atoms with Crippen LogP contribution in [0.5, 0.6) is 0 Å². The molecular formula is C25H28Cl2N4OSi. The zero-order chi connectivity index (χ0) is 23.5. The Bertz CT molecular complexity index is 1170. The van der Waals surface area contributed by atoms with Gasteiger partial charge in [0.1, 0.15) is 5.15 Å². The molecule has 4 rings (SSSR count). The molecule has 8 heteroatoms. The largest absolute Gasteiger partial charge is 0.407 e. The third-order valence-corrected chi connectivity index (χ3v) is 11.4. The molecule has 2 aromatic heterocycles. The van der Waals surface area contributed by atoms with E-state index in [4.69, 9.17) is 27.6 Å². The zero-order valence-corrected chi connectivity index (χ0v) is 21.6. The normalized spacial score (nSPS) is 12.4. The number of benzene rings is 2. The molecule has 5 nitrogen and oxygen atoms in total. The summed E-state index contributed by atoms with van der Waals surface area (Å²) in [7, 11) is -2.50. The summed E-state index contributed by atoms with van der Waals surface area (Å²) in [6.45, 7) is 8.26. The summed E-state index contributed by atoms with van der Waals surface area (Å²) in [5, 5.41) is 8.14. The van der Waals surface area contributed by atoms with E-state index >= 15 is 0 Å². The van der Waals surface area contributed by atoms with Gasteiger partial charge in [0.25, 0.3) is 8.32 Å². The Balaban J connectivity index is 1.52. The quantitative estimate of drug-likeness (QED) is 0.139. The molecule has 0 N–H and O–H groups in total. The Morgan fingerprint density at radius 3 is 2.06 bits per heavy atom. The van der Waals surface area contributed by atoms with Crippen molar-refractivity contribution in [1.29, 1.82) is 0 Å². The maximum atomic E-state index is 6.95. The molecule has 0 amide bonds. The molecule has 2 aromatic carbocycles. The van der Waals surface area contributed by atoms with Crippen molar-refractivity contribution in [3.8, 4) is 0 Å². The van der Waals surface area contributed by atoms with Crippen molar-refractivity contribution in [2.24, 2.45) is 0 Å². The van der Waals surface area contributed by atoms with Crippen LogP contribution in [0.25, 0.3) is 11.0 Å². The van der Waals surface area contributed by atoms with E-state index in [0.29, 0.717) is 29.3 Å². The van der Waals surface area contributed by atoms with E-state index in [9.17, 15) is 0 Å². The average Bonchev–Trinajstić information content (AvgIpc) is 3.19. The topological polar surface area (TPSA) is 52.8 Å². The maximum absolute atomic E-state index is 6.95. The van der Waals surface area contributed by atoms with Crippen molar-refractivity contribution in [3.63, 3.8) is 0 Å². The SMILES string of the molecule is CC(C)(C)[Si](OCCCCn1ncc2c(Cl)nc(Cl)nc21)(c1ccccc1)c1ccccc1. The van der Waals surface area contributed by atoms with Crippen LogP contribution in [0.15, 0.2) is 66.9 Å². The number of halogens is 2. The van der Waals surface area contributed by atoms with Gasteiger partial charge in [0, 0.05) is 13.2 Å². The van der Waals surface area contributed by atoms with Crippen LogP contribution in [0.2, 0.25) is 15.5 Å². The van der Waals surface area contributed by atoms with Crippen molar-refractivity contribution in [3.05, 3.63) is 77.3 Å². The minimum Gasteiger partial charge on any atom is -0.407 e. The van der Waals surface area contributed by atoms with Crippen LogP contribution in [0.1, 0.15) is 33.6 Å². The second-order valence-corrected chi connectivity index (χ2v) is 14.1. The molecule has 0 bridgehead atoms. The van der Waals surface area contributed by atoms with Crippen LogP contribution in [-0.4, -0.2) is 34.7 Å². The summed E-state index contributed by atoms with van der Waals surface area (Å²) in [6, 6.07) is 21.4. The molecule has 2 heterocycles. The van der Waals surface area contributed by atoms with E-state index in [2.05, 4.69) is 96.5 Å². The Kier molecular flexibility index (Phi) is 7.19. The number of fused-ring (bicyclic) bond motifs is 1. The number of aromatic nitrogens is 4. The second kappa shape index (κ2) is 9.93. The molecule has 0 radical (unpaired) electrons. The van der Waals surface area contributed by atoms with Gasteiger partial charge in [-0.25, -0.2) is 9.67 Å². The van der Waals surface area contributed by atoms with Gasteiger partial charge in [-0.3, -0.25) is 0 Å². The van der Waals surface area contributed by atoms with Gasteiger partial charge in [0.2, 0.25) is 5.28 Å². The predicted molar refractivity (Wildman–Crippen MR) is 138 cm³/mol. The first-order chi connectivity index (χ1) is 15.8. The first kappa shape index (κ1) is 23.9. The fraction of sp³-hybridized carbons (Fsp3) is 0.320. The van der Waals surface area contributed by atoms with Gasteiger partial charge in [-0.15, -0.1) is 0 Å². The first-order valence-electron chi connectivity index (χ1n) is 11.1. The highest BCUT2D eigenvalue weighted by atomic mass is 35.5. The number of nitrogens with zero attached hydrogens (tertiary/aromatic N) is 4. The summed E-state index contributed by atoms with van der Waals surface area (Å²) in [6.07, 6.45) is 3.49. The highest BCUT2D eigenvalue weighted by Crippen LogP contribution is 2.36. The lowest BCUT2D eigenvalue weighted by molar-refractivity contribution is 0.284. The van der Waals surface area contributed by atoms with Gasteiger partial charge in [-0.1, -0.05) is 93.0 Å². The Labute approximate surface area is 205 Å². The summed E-state index contributed by atoms with van der Waals surface area (Å²) >= 11 is 12.1. The van der Waals surface area contributed by atoms with Crippen LogP contribution in [0.3, 0.4) is 0 Å². The maximum Gasteiger partial charge on any atom is 0.261 e. The van der Waals surface area contributed by atoms with E-state index in [1.807, 2.05) is 4.68 Å². The fourth-order valence-electron chi connectivity index (χ4n) is 4.41. The van der Waals surface area contributed by atoms with Crippen LogP contribution < -0.4 is 10.4 Å². The predicted octanol–water partition coefficient (Wildman–Crippen LogP) is 5.49. The van der Waals surface area contributed by atoms with E-state index in [1.54, 1.807) is 6.20 Å². The lowest BCUT2D eigenvalue weighted by Gasteiger charge is -2.43. The van der Waals surface area contributed by atoms with Crippen LogP contribution in [-0.2, 0) is 11.0 Å². The molecule has 0 aliphatic carbocycles. The van der Waals surface area contributed by atoms with Crippen LogP contribution >= 0.6 is 23.2 Å². The Morgan fingerprint density at radius 2 is 1.48 bits per heavy atom. The molecular weight excluding hydrogens is 471 g/mol. The first-order valence-corrected chi connectivity index (χ1v) is 13.8. The average molecular weight is 500 g/mol. The molecule has 0 saturated heterocycles. The summed E-state index contributed by atoms with van der Waals surface area (Å²) < 4.78 is 8.78. The molecule has 0 spiro atoms. The van der Waals surface area contributed by atoms with Crippen molar-refractivity contribution < 1.29 is 4.43 Å². The van der Waals surface area contributed by atoms with Crippen LogP contribution in [0.4, 0.5) is 0 Å². The molecule has 0 atom stereocenters. The smallest absolute Gasteiger partial charge is 0.261 e. The Hall–Kier alpha value is -2.25. The number of hydrogen-bond acceptors (Lipinski definition) is 4. The van der Waals surface area contributed by atoms with Crippen molar-refractivity contribution in [2.45, 2.75) is 45.2 Å².